The van der Waals surface area contributed by atoms with Crippen molar-refractivity contribution in [1.82, 2.24) is 4.90 Å². The molecule has 1 aromatic rings. The fourth-order valence-corrected chi connectivity index (χ4v) is 2.32. The van der Waals surface area contributed by atoms with Crippen LogP contribution in [0.25, 0.3) is 0 Å². The van der Waals surface area contributed by atoms with Crippen LogP contribution in [0.2, 0.25) is 5.02 Å². The molecule has 0 spiro atoms. The van der Waals surface area contributed by atoms with Crippen LogP contribution in [-0.2, 0) is 0 Å². The van der Waals surface area contributed by atoms with Gasteiger partial charge in [0.1, 0.15) is 0 Å². The topological polar surface area (TPSA) is 20.3 Å². The number of nitrogens with zero attached hydrogens (tertiary/aromatic N) is 1. The third kappa shape index (κ3) is 2.58. The second-order valence-electron chi connectivity index (χ2n) is 3.90. The largest absolute Gasteiger partial charge is 0.335 e. The zero-order valence-corrected chi connectivity index (χ0v) is 11.2. The summed E-state index contributed by atoms with van der Waals surface area (Å²) in [6, 6.07) is 7.65. The van der Waals surface area contributed by atoms with Gasteiger partial charge in [-0.1, -0.05) is 39.7 Å². The van der Waals surface area contributed by atoms with E-state index in [9.17, 15) is 4.79 Å². The summed E-state index contributed by atoms with van der Waals surface area (Å²) in [5, 5.41) is 1.34. The number of hydrogen-bond donors (Lipinski definition) is 0. The summed E-state index contributed by atoms with van der Waals surface area (Å²) < 4.78 is 0. The Hall–Kier alpha value is -0.540. The highest BCUT2D eigenvalue weighted by Crippen LogP contribution is 2.29. The van der Waals surface area contributed by atoms with Crippen molar-refractivity contribution in [2.24, 2.45) is 0 Å². The summed E-state index contributed by atoms with van der Waals surface area (Å²) in [6.07, 6.45) is 2.23. The normalized spacial score (nSPS) is 14.9. The molecule has 0 radical (unpaired) electrons. The van der Waals surface area contributed by atoms with E-state index in [2.05, 4.69) is 15.9 Å². The number of hydrogen-bond acceptors (Lipinski definition) is 1. The van der Waals surface area contributed by atoms with Crippen LogP contribution in [0.1, 0.15) is 23.2 Å². The van der Waals surface area contributed by atoms with E-state index in [0.29, 0.717) is 16.6 Å². The van der Waals surface area contributed by atoms with Gasteiger partial charge in [-0.05, 0) is 25.0 Å². The molecule has 0 heterocycles. The fraction of sp³-hybridized carbons (Fsp3) is 0.417. The zero-order chi connectivity index (χ0) is 11.5. The van der Waals surface area contributed by atoms with Crippen LogP contribution >= 0.6 is 27.5 Å². The van der Waals surface area contributed by atoms with Crippen molar-refractivity contribution in [2.45, 2.75) is 18.9 Å². The Balaban J connectivity index is 2.19. The summed E-state index contributed by atoms with van der Waals surface area (Å²) >= 11 is 9.41. The average molecular weight is 303 g/mol. The van der Waals surface area contributed by atoms with Crippen molar-refractivity contribution in [3.63, 3.8) is 0 Å². The smallest absolute Gasteiger partial charge is 0.255 e. The third-order valence-corrected chi connectivity index (χ3v) is 3.36. The Morgan fingerprint density at radius 2 is 2.12 bits per heavy atom. The molecule has 0 bridgehead atoms. The Labute approximate surface area is 109 Å². The average Bonchev–Trinajstić information content (AvgIpc) is 3.09. The lowest BCUT2D eigenvalue weighted by Gasteiger charge is -2.21. The Morgan fingerprint density at radius 1 is 1.44 bits per heavy atom. The Morgan fingerprint density at radius 3 is 2.69 bits per heavy atom. The van der Waals surface area contributed by atoms with E-state index in [4.69, 9.17) is 11.6 Å². The van der Waals surface area contributed by atoms with Crippen LogP contribution in [0, 0.1) is 0 Å². The molecule has 1 saturated carbocycles. The first-order chi connectivity index (χ1) is 7.74. The molecule has 16 heavy (non-hydrogen) atoms. The van der Waals surface area contributed by atoms with Crippen LogP contribution < -0.4 is 0 Å². The van der Waals surface area contributed by atoms with Gasteiger partial charge in [-0.3, -0.25) is 4.79 Å². The molecule has 0 aromatic heterocycles. The molecule has 2 rings (SSSR count). The maximum atomic E-state index is 12.3. The van der Waals surface area contributed by atoms with E-state index >= 15 is 0 Å². The molecule has 0 atom stereocenters. The van der Waals surface area contributed by atoms with Crippen molar-refractivity contribution in [3.05, 3.63) is 34.9 Å². The van der Waals surface area contributed by atoms with Gasteiger partial charge in [0.25, 0.3) is 5.91 Å². The molecule has 1 aliphatic rings. The molecular weight excluding hydrogens is 289 g/mol. The molecular formula is C12H13BrClNO. The summed E-state index contributed by atoms with van der Waals surface area (Å²) in [4.78, 5) is 14.2. The number of amides is 1. The van der Waals surface area contributed by atoms with Crippen molar-refractivity contribution in [3.8, 4) is 0 Å². The molecule has 4 heteroatoms. The summed E-state index contributed by atoms with van der Waals surface area (Å²) in [7, 11) is 0. The summed E-state index contributed by atoms with van der Waals surface area (Å²) in [5.41, 5.74) is 0.608. The Kier molecular flexibility index (Phi) is 3.87. The molecule has 1 amide bonds. The van der Waals surface area contributed by atoms with Gasteiger partial charge < -0.3 is 4.90 Å². The summed E-state index contributed by atoms with van der Waals surface area (Å²) in [6.45, 7) is 0.745. The predicted octanol–water partition coefficient (Wildman–Crippen LogP) is 3.34. The van der Waals surface area contributed by atoms with E-state index in [0.717, 1.165) is 24.7 Å². The maximum absolute atomic E-state index is 12.3. The number of carbonyl (C=O) groups excluding carboxylic acids is 1. The van der Waals surface area contributed by atoms with E-state index < -0.39 is 0 Å². The van der Waals surface area contributed by atoms with Gasteiger partial charge in [-0.25, -0.2) is 0 Å². The van der Waals surface area contributed by atoms with Gasteiger partial charge >= 0.3 is 0 Å². The van der Waals surface area contributed by atoms with E-state index in [1.807, 2.05) is 17.0 Å². The molecule has 86 valence electrons. The standard InChI is InChI=1S/C12H13BrClNO/c13-7-8-15(9-5-6-9)12(16)10-3-1-2-4-11(10)14/h1-4,9H,5-8H2. The SMILES string of the molecule is O=C(c1ccccc1Cl)N(CCBr)C1CC1. The molecule has 0 aliphatic heterocycles. The quantitative estimate of drug-likeness (QED) is 0.781. The van der Waals surface area contributed by atoms with Gasteiger partial charge in [0.2, 0.25) is 0 Å². The zero-order valence-electron chi connectivity index (χ0n) is 8.83. The van der Waals surface area contributed by atoms with Crippen molar-refractivity contribution < 1.29 is 4.79 Å². The van der Waals surface area contributed by atoms with Gasteiger partial charge in [-0.2, -0.15) is 0 Å². The minimum absolute atomic E-state index is 0.0487. The number of alkyl halides is 1. The number of rotatable bonds is 4. The highest BCUT2D eigenvalue weighted by atomic mass is 79.9. The van der Waals surface area contributed by atoms with Gasteiger partial charge in [0.05, 0.1) is 10.6 Å². The van der Waals surface area contributed by atoms with Crippen LogP contribution in [0.4, 0.5) is 0 Å². The molecule has 0 unspecified atom stereocenters. The van der Waals surface area contributed by atoms with Crippen molar-refractivity contribution >= 4 is 33.4 Å². The minimum Gasteiger partial charge on any atom is -0.335 e. The van der Waals surface area contributed by atoms with Crippen LogP contribution in [0.5, 0.6) is 0 Å². The third-order valence-electron chi connectivity index (χ3n) is 2.68. The van der Waals surface area contributed by atoms with Gasteiger partial charge in [-0.15, -0.1) is 0 Å². The molecule has 1 fully saturated rings. The van der Waals surface area contributed by atoms with Crippen LogP contribution in [0.3, 0.4) is 0 Å². The van der Waals surface area contributed by atoms with E-state index in [-0.39, 0.29) is 5.91 Å². The van der Waals surface area contributed by atoms with Crippen molar-refractivity contribution in [1.29, 1.82) is 0 Å². The first kappa shape index (κ1) is 11.9. The van der Waals surface area contributed by atoms with Gasteiger partial charge in [0, 0.05) is 17.9 Å². The number of halogens is 2. The van der Waals surface area contributed by atoms with E-state index in [1.165, 1.54) is 0 Å². The second-order valence-corrected chi connectivity index (χ2v) is 5.10. The monoisotopic (exact) mass is 301 g/mol. The minimum atomic E-state index is 0.0487. The number of carbonyl (C=O) groups is 1. The lowest BCUT2D eigenvalue weighted by molar-refractivity contribution is 0.0755. The molecule has 1 aliphatic carbocycles. The van der Waals surface area contributed by atoms with Crippen LogP contribution in [0.15, 0.2) is 24.3 Å². The maximum Gasteiger partial charge on any atom is 0.255 e. The highest BCUT2D eigenvalue weighted by Gasteiger charge is 2.32. The fourth-order valence-electron chi connectivity index (χ4n) is 1.72. The summed E-state index contributed by atoms with van der Waals surface area (Å²) in [5.74, 6) is 0.0487. The highest BCUT2D eigenvalue weighted by molar-refractivity contribution is 9.09. The Bertz CT molecular complexity index is 392. The lowest BCUT2D eigenvalue weighted by atomic mass is 10.2. The lowest BCUT2D eigenvalue weighted by Crippen LogP contribution is -2.34. The molecule has 1 aromatic carbocycles. The van der Waals surface area contributed by atoms with Gasteiger partial charge in [0.15, 0.2) is 0 Å². The van der Waals surface area contributed by atoms with Crippen LogP contribution in [-0.4, -0.2) is 28.7 Å². The first-order valence-corrected chi connectivity index (χ1v) is 6.85. The molecule has 2 nitrogen and oxygen atoms in total. The van der Waals surface area contributed by atoms with E-state index in [1.54, 1.807) is 12.1 Å². The second kappa shape index (κ2) is 5.19. The first-order valence-electron chi connectivity index (χ1n) is 5.35. The number of benzene rings is 1. The molecule has 0 N–H and O–H groups in total. The van der Waals surface area contributed by atoms with Crippen molar-refractivity contribution in [2.75, 3.05) is 11.9 Å². The predicted molar refractivity (Wildman–Crippen MR) is 69.3 cm³/mol. The molecule has 0 saturated heterocycles.